The summed E-state index contributed by atoms with van der Waals surface area (Å²) in [7, 11) is 0. The number of aliphatic hydroxyl groups excluding tert-OH is 1. The fourth-order valence-electron chi connectivity index (χ4n) is 2.75. The zero-order chi connectivity index (χ0) is 13.0. The van der Waals surface area contributed by atoms with E-state index in [1.165, 1.54) is 24.0 Å². The summed E-state index contributed by atoms with van der Waals surface area (Å²) in [5.41, 5.74) is 3.49. The Morgan fingerprint density at radius 2 is 1.94 bits per heavy atom. The molecule has 1 heterocycles. The average Bonchev–Trinajstić information content (AvgIpc) is 2.36. The standard InChI is InChI=1S/C16H24O2/c1-12-9-13(2)11-14(10-12)16(17)7-6-15-5-3-4-8-18-15/h9-11,15-17H,3-8H2,1-2H3. The van der Waals surface area contributed by atoms with E-state index in [-0.39, 0.29) is 6.10 Å². The van der Waals surface area contributed by atoms with Gasteiger partial charge >= 0.3 is 0 Å². The van der Waals surface area contributed by atoms with Crippen LogP contribution in [0.5, 0.6) is 0 Å². The highest BCUT2D eigenvalue weighted by molar-refractivity contribution is 5.29. The number of aliphatic hydroxyl groups is 1. The lowest BCUT2D eigenvalue weighted by Crippen LogP contribution is -2.19. The van der Waals surface area contributed by atoms with Gasteiger partial charge in [0.15, 0.2) is 0 Å². The number of aryl methyl sites for hydroxylation is 2. The van der Waals surface area contributed by atoms with Crippen LogP contribution in [0.3, 0.4) is 0 Å². The Morgan fingerprint density at radius 1 is 1.22 bits per heavy atom. The van der Waals surface area contributed by atoms with E-state index in [1.807, 2.05) is 0 Å². The van der Waals surface area contributed by atoms with Gasteiger partial charge in [-0.25, -0.2) is 0 Å². The van der Waals surface area contributed by atoms with Crippen molar-refractivity contribution in [3.05, 3.63) is 34.9 Å². The summed E-state index contributed by atoms with van der Waals surface area (Å²) in [5.74, 6) is 0. The largest absolute Gasteiger partial charge is 0.388 e. The fraction of sp³-hybridized carbons (Fsp3) is 0.625. The topological polar surface area (TPSA) is 29.5 Å². The van der Waals surface area contributed by atoms with Crippen LogP contribution in [0.1, 0.15) is 54.9 Å². The van der Waals surface area contributed by atoms with Crippen LogP contribution < -0.4 is 0 Å². The molecule has 0 aromatic heterocycles. The van der Waals surface area contributed by atoms with E-state index in [9.17, 15) is 5.11 Å². The molecule has 0 aliphatic carbocycles. The second-order valence-electron chi connectivity index (χ2n) is 5.50. The molecule has 1 aromatic rings. The number of ether oxygens (including phenoxy) is 1. The fourth-order valence-corrected chi connectivity index (χ4v) is 2.75. The Hall–Kier alpha value is -0.860. The maximum Gasteiger partial charge on any atom is 0.0791 e. The van der Waals surface area contributed by atoms with E-state index < -0.39 is 0 Å². The lowest BCUT2D eigenvalue weighted by Gasteiger charge is -2.23. The smallest absolute Gasteiger partial charge is 0.0791 e. The summed E-state index contributed by atoms with van der Waals surface area (Å²) in [4.78, 5) is 0. The summed E-state index contributed by atoms with van der Waals surface area (Å²) < 4.78 is 5.70. The monoisotopic (exact) mass is 248 g/mol. The molecule has 0 amide bonds. The molecule has 2 nitrogen and oxygen atoms in total. The quantitative estimate of drug-likeness (QED) is 0.880. The lowest BCUT2D eigenvalue weighted by molar-refractivity contribution is 0.00212. The van der Waals surface area contributed by atoms with Gasteiger partial charge in [-0.15, -0.1) is 0 Å². The van der Waals surface area contributed by atoms with E-state index in [2.05, 4.69) is 32.0 Å². The van der Waals surface area contributed by atoms with Crippen molar-refractivity contribution >= 4 is 0 Å². The van der Waals surface area contributed by atoms with Crippen LogP contribution in [0.2, 0.25) is 0 Å². The van der Waals surface area contributed by atoms with Gasteiger partial charge in [-0.05, 0) is 51.5 Å². The highest BCUT2D eigenvalue weighted by Crippen LogP contribution is 2.25. The average molecular weight is 248 g/mol. The van der Waals surface area contributed by atoms with Gasteiger partial charge in [0.1, 0.15) is 0 Å². The molecule has 1 fully saturated rings. The van der Waals surface area contributed by atoms with E-state index in [1.54, 1.807) is 0 Å². The Balaban J connectivity index is 1.88. The summed E-state index contributed by atoms with van der Waals surface area (Å²) in [5, 5.41) is 10.2. The summed E-state index contributed by atoms with van der Waals surface area (Å²) in [6.45, 7) is 5.05. The Morgan fingerprint density at radius 3 is 2.56 bits per heavy atom. The van der Waals surface area contributed by atoms with E-state index in [4.69, 9.17) is 4.74 Å². The molecule has 100 valence electrons. The lowest BCUT2D eigenvalue weighted by atomic mass is 9.97. The molecular formula is C16H24O2. The van der Waals surface area contributed by atoms with Crippen LogP contribution in [0.4, 0.5) is 0 Å². The Labute approximate surface area is 110 Å². The zero-order valence-electron chi connectivity index (χ0n) is 11.5. The van der Waals surface area contributed by atoms with Crippen molar-refractivity contribution in [1.29, 1.82) is 0 Å². The van der Waals surface area contributed by atoms with Crippen molar-refractivity contribution in [2.75, 3.05) is 6.61 Å². The van der Waals surface area contributed by atoms with Crippen molar-refractivity contribution in [1.82, 2.24) is 0 Å². The van der Waals surface area contributed by atoms with Crippen LogP contribution in [-0.4, -0.2) is 17.8 Å². The normalized spacial score (nSPS) is 21.8. The van der Waals surface area contributed by atoms with Gasteiger partial charge in [-0.1, -0.05) is 29.3 Å². The Kier molecular flexibility index (Phi) is 4.79. The van der Waals surface area contributed by atoms with Crippen molar-refractivity contribution in [2.45, 2.75) is 58.2 Å². The first-order valence-electron chi connectivity index (χ1n) is 7.03. The van der Waals surface area contributed by atoms with E-state index >= 15 is 0 Å². The SMILES string of the molecule is Cc1cc(C)cc(C(O)CCC2CCCCO2)c1. The van der Waals surface area contributed by atoms with Crippen molar-refractivity contribution in [2.24, 2.45) is 0 Å². The second-order valence-corrected chi connectivity index (χ2v) is 5.50. The summed E-state index contributed by atoms with van der Waals surface area (Å²) in [6.07, 6.45) is 5.38. The number of benzene rings is 1. The van der Waals surface area contributed by atoms with Gasteiger partial charge in [0.25, 0.3) is 0 Å². The molecule has 0 radical (unpaired) electrons. The van der Waals surface area contributed by atoms with Gasteiger partial charge in [-0.2, -0.15) is 0 Å². The predicted octanol–water partition coefficient (Wildman–Crippen LogP) is 3.69. The highest BCUT2D eigenvalue weighted by Gasteiger charge is 2.16. The number of rotatable bonds is 4. The first kappa shape index (κ1) is 13.6. The molecule has 18 heavy (non-hydrogen) atoms. The molecule has 1 aromatic carbocycles. The molecule has 0 bridgehead atoms. The van der Waals surface area contributed by atoms with Crippen LogP contribution in [0.25, 0.3) is 0 Å². The maximum atomic E-state index is 10.2. The maximum absolute atomic E-state index is 10.2. The minimum absolute atomic E-state index is 0.353. The van der Waals surface area contributed by atoms with Gasteiger partial charge < -0.3 is 9.84 Å². The number of hydrogen-bond donors (Lipinski definition) is 1. The predicted molar refractivity (Wildman–Crippen MR) is 73.7 cm³/mol. The molecule has 1 N–H and O–H groups in total. The van der Waals surface area contributed by atoms with Crippen molar-refractivity contribution in [3.63, 3.8) is 0 Å². The summed E-state index contributed by atoms with van der Waals surface area (Å²) >= 11 is 0. The molecule has 2 rings (SSSR count). The van der Waals surface area contributed by atoms with Crippen LogP contribution >= 0.6 is 0 Å². The molecule has 2 atom stereocenters. The third-order valence-corrected chi connectivity index (χ3v) is 3.66. The van der Waals surface area contributed by atoms with Crippen molar-refractivity contribution < 1.29 is 9.84 Å². The summed E-state index contributed by atoms with van der Waals surface area (Å²) in [6, 6.07) is 6.30. The highest BCUT2D eigenvalue weighted by atomic mass is 16.5. The molecule has 0 saturated carbocycles. The first-order valence-corrected chi connectivity index (χ1v) is 7.03. The minimum Gasteiger partial charge on any atom is -0.388 e. The molecule has 1 aliphatic rings. The van der Waals surface area contributed by atoms with Gasteiger partial charge in [-0.3, -0.25) is 0 Å². The third-order valence-electron chi connectivity index (χ3n) is 3.66. The second kappa shape index (κ2) is 6.35. The van der Waals surface area contributed by atoms with Crippen LogP contribution in [0, 0.1) is 13.8 Å². The van der Waals surface area contributed by atoms with Crippen LogP contribution in [-0.2, 0) is 4.74 Å². The van der Waals surface area contributed by atoms with E-state index in [0.717, 1.165) is 31.4 Å². The van der Waals surface area contributed by atoms with E-state index in [0.29, 0.717) is 6.10 Å². The molecule has 1 saturated heterocycles. The molecular weight excluding hydrogens is 224 g/mol. The molecule has 0 spiro atoms. The van der Waals surface area contributed by atoms with Gasteiger partial charge in [0, 0.05) is 6.61 Å². The van der Waals surface area contributed by atoms with Gasteiger partial charge in [0.05, 0.1) is 12.2 Å². The third kappa shape index (κ3) is 3.82. The zero-order valence-corrected chi connectivity index (χ0v) is 11.5. The van der Waals surface area contributed by atoms with Crippen LogP contribution in [0.15, 0.2) is 18.2 Å². The molecule has 2 unspecified atom stereocenters. The Bertz CT molecular complexity index is 360. The molecule has 2 heteroatoms. The van der Waals surface area contributed by atoms with Crippen molar-refractivity contribution in [3.8, 4) is 0 Å². The van der Waals surface area contributed by atoms with Gasteiger partial charge in [0.2, 0.25) is 0 Å². The first-order chi connectivity index (χ1) is 8.65. The minimum atomic E-state index is -0.353. The molecule has 1 aliphatic heterocycles. The number of hydrogen-bond acceptors (Lipinski definition) is 2.